The Morgan fingerprint density at radius 3 is 2.39 bits per heavy atom. The van der Waals surface area contributed by atoms with E-state index < -0.39 is 11.9 Å². The van der Waals surface area contributed by atoms with Gasteiger partial charge in [-0.25, -0.2) is 4.39 Å². The fourth-order valence-corrected chi connectivity index (χ4v) is 4.45. The number of carbonyl (C=O) groups excluding carboxylic acids is 2. The van der Waals surface area contributed by atoms with Crippen molar-refractivity contribution in [3.63, 3.8) is 0 Å². The molecule has 1 fully saturated rings. The van der Waals surface area contributed by atoms with Gasteiger partial charge in [0.25, 0.3) is 5.91 Å². The number of morpholine rings is 1. The van der Waals surface area contributed by atoms with Crippen LogP contribution in [0.25, 0.3) is 0 Å². The Kier molecular flexibility index (Phi) is 10.1. The van der Waals surface area contributed by atoms with Crippen LogP contribution >= 0.6 is 11.6 Å². The monoisotopic (exact) mass is 539 g/mol. The van der Waals surface area contributed by atoms with Gasteiger partial charge in [-0.1, -0.05) is 66.2 Å². The van der Waals surface area contributed by atoms with E-state index in [1.807, 2.05) is 30.3 Å². The second-order valence-corrected chi connectivity index (χ2v) is 9.33. The van der Waals surface area contributed by atoms with Gasteiger partial charge in [0.2, 0.25) is 5.91 Å². The number of halogens is 2. The van der Waals surface area contributed by atoms with Crippen LogP contribution in [0.2, 0.25) is 5.02 Å². The average Bonchev–Trinajstić information content (AvgIpc) is 2.94. The smallest absolute Gasteiger partial charge is 0.261 e. The van der Waals surface area contributed by atoms with E-state index in [1.54, 1.807) is 36.4 Å². The molecule has 1 N–H and O–H groups in total. The van der Waals surface area contributed by atoms with Crippen LogP contribution < -0.4 is 10.1 Å². The minimum Gasteiger partial charge on any atom is -0.482 e. The molecule has 4 rings (SSSR count). The third kappa shape index (κ3) is 7.77. The van der Waals surface area contributed by atoms with E-state index in [4.69, 9.17) is 21.1 Å². The van der Waals surface area contributed by atoms with Gasteiger partial charge in [0, 0.05) is 32.7 Å². The van der Waals surface area contributed by atoms with Gasteiger partial charge in [-0.2, -0.15) is 0 Å². The van der Waals surface area contributed by atoms with Gasteiger partial charge in [-0.3, -0.25) is 14.5 Å². The molecule has 0 radical (unpaired) electrons. The second-order valence-electron chi connectivity index (χ2n) is 8.93. The van der Waals surface area contributed by atoms with Crippen molar-refractivity contribution in [2.45, 2.75) is 12.6 Å². The molecule has 2 amide bonds. The number of amides is 2. The first-order chi connectivity index (χ1) is 18.5. The van der Waals surface area contributed by atoms with Crippen LogP contribution in [0.15, 0.2) is 78.9 Å². The predicted octanol–water partition coefficient (Wildman–Crippen LogP) is 4.08. The van der Waals surface area contributed by atoms with Crippen LogP contribution in [0.5, 0.6) is 5.75 Å². The van der Waals surface area contributed by atoms with Crippen LogP contribution in [-0.2, 0) is 20.9 Å². The molecule has 9 heteroatoms. The van der Waals surface area contributed by atoms with Crippen LogP contribution in [0, 0.1) is 5.82 Å². The van der Waals surface area contributed by atoms with Gasteiger partial charge in [-0.15, -0.1) is 0 Å². The van der Waals surface area contributed by atoms with E-state index in [2.05, 4.69) is 10.2 Å². The number of nitrogens with one attached hydrogen (secondary N) is 1. The summed E-state index contributed by atoms with van der Waals surface area (Å²) in [7, 11) is 0. The molecule has 1 saturated heterocycles. The lowest BCUT2D eigenvalue weighted by atomic mass is 10.0. The summed E-state index contributed by atoms with van der Waals surface area (Å²) < 4.78 is 24.7. The molecule has 200 valence electrons. The molecule has 0 aliphatic carbocycles. The lowest BCUT2D eigenvalue weighted by molar-refractivity contribution is -0.143. The van der Waals surface area contributed by atoms with E-state index >= 15 is 0 Å². The molecule has 0 saturated carbocycles. The summed E-state index contributed by atoms with van der Waals surface area (Å²) in [6, 6.07) is 20.9. The molecule has 1 aliphatic rings. The normalized spacial score (nSPS) is 14.5. The standard InChI is InChI=1S/C29H31ClFN3O4/c30-25-8-4-5-9-26(25)38-21-27(35)34(20-22-10-12-24(31)13-11-22)28(23-6-2-1-3-7-23)29(36)32-14-15-33-16-18-37-19-17-33/h1-13,28H,14-21H2,(H,32,36)/t28-/m1/s1. The highest BCUT2D eigenvalue weighted by Gasteiger charge is 2.32. The molecule has 1 aliphatic heterocycles. The van der Waals surface area contributed by atoms with Crippen LogP contribution in [-0.4, -0.2) is 67.6 Å². The van der Waals surface area contributed by atoms with E-state index in [0.29, 0.717) is 48.2 Å². The minimum atomic E-state index is -0.923. The Balaban J connectivity index is 1.56. The SMILES string of the molecule is O=C(NCCN1CCOCC1)[C@@H](c1ccccc1)N(Cc1ccc(F)cc1)C(=O)COc1ccccc1Cl. The lowest BCUT2D eigenvalue weighted by Crippen LogP contribution is -2.47. The Labute approximate surface area is 227 Å². The quantitative estimate of drug-likeness (QED) is 0.398. The summed E-state index contributed by atoms with van der Waals surface area (Å²) in [5.74, 6) is -0.728. The van der Waals surface area contributed by atoms with Crippen molar-refractivity contribution in [1.29, 1.82) is 0 Å². The number of para-hydroxylation sites is 1. The van der Waals surface area contributed by atoms with Gasteiger partial charge >= 0.3 is 0 Å². The number of hydrogen-bond acceptors (Lipinski definition) is 5. The highest BCUT2D eigenvalue weighted by Crippen LogP contribution is 2.26. The third-order valence-electron chi connectivity index (χ3n) is 6.28. The summed E-state index contributed by atoms with van der Waals surface area (Å²) in [5, 5.41) is 3.38. The maximum Gasteiger partial charge on any atom is 0.261 e. The summed E-state index contributed by atoms with van der Waals surface area (Å²) in [6.07, 6.45) is 0. The highest BCUT2D eigenvalue weighted by molar-refractivity contribution is 6.32. The van der Waals surface area contributed by atoms with Crippen molar-refractivity contribution >= 4 is 23.4 Å². The third-order valence-corrected chi connectivity index (χ3v) is 6.59. The topological polar surface area (TPSA) is 71.1 Å². The molecular weight excluding hydrogens is 509 g/mol. The second kappa shape index (κ2) is 13.9. The molecule has 0 unspecified atom stereocenters. The van der Waals surface area contributed by atoms with Crippen molar-refractivity contribution in [3.05, 3.63) is 101 Å². The van der Waals surface area contributed by atoms with Crippen molar-refractivity contribution in [2.75, 3.05) is 46.0 Å². The molecule has 3 aromatic carbocycles. The van der Waals surface area contributed by atoms with E-state index in [-0.39, 0.29) is 24.9 Å². The summed E-state index contributed by atoms with van der Waals surface area (Å²) in [5.41, 5.74) is 1.34. The van der Waals surface area contributed by atoms with Gasteiger partial charge in [0.1, 0.15) is 17.6 Å². The first-order valence-corrected chi connectivity index (χ1v) is 12.9. The fourth-order valence-electron chi connectivity index (χ4n) is 4.26. The molecule has 0 aromatic heterocycles. The fraction of sp³-hybridized carbons (Fsp3) is 0.310. The van der Waals surface area contributed by atoms with Crippen LogP contribution in [0.4, 0.5) is 4.39 Å². The zero-order valence-electron chi connectivity index (χ0n) is 21.0. The number of nitrogens with zero attached hydrogens (tertiary/aromatic N) is 2. The first-order valence-electron chi connectivity index (χ1n) is 12.6. The van der Waals surface area contributed by atoms with Gasteiger partial charge in [-0.05, 0) is 35.4 Å². The maximum atomic E-state index is 13.6. The number of ether oxygens (including phenoxy) is 2. The van der Waals surface area contributed by atoms with Gasteiger partial charge in [0.15, 0.2) is 6.61 Å². The van der Waals surface area contributed by atoms with E-state index in [0.717, 1.165) is 13.1 Å². The van der Waals surface area contributed by atoms with Crippen LogP contribution in [0.1, 0.15) is 17.2 Å². The van der Waals surface area contributed by atoms with Gasteiger partial charge < -0.3 is 19.7 Å². The van der Waals surface area contributed by atoms with Gasteiger partial charge in [0.05, 0.1) is 18.2 Å². The Hall–Kier alpha value is -3.46. The lowest BCUT2D eigenvalue weighted by Gasteiger charge is -2.32. The summed E-state index contributed by atoms with van der Waals surface area (Å²) in [6.45, 7) is 3.84. The maximum absolute atomic E-state index is 13.6. The molecule has 0 bridgehead atoms. The number of hydrogen-bond donors (Lipinski definition) is 1. The molecule has 38 heavy (non-hydrogen) atoms. The van der Waals surface area contributed by atoms with Crippen molar-refractivity contribution in [2.24, 2.45) is 0 Å². The van der Waals surface area contributed by atoms with Crippen molar-refractivity contribution in [1.82, 2.24) is 15.1 Å². The molecule has 7 nitrogen and oxygen atoms in total. The Morgan fingerprint density at radius 1 is 1.00 bits per heavy atom. The highest BCUT2D eigenvalue weighted by atomic mass is 35.5. The van der Waals surface area contributed by atoms with Crippen LogP contribution in [0.3, 0.4) is 0 Å². The zero-order valence-corrected chi connectivity index (χ0v) is 21.8. The summed E-state index contributed by atoms with van der Waals surface area (Å²) in [4.78, 5) is 30.9. The first kappa shape index (κ1) is 27.6. The molecular formula is C29H31ClFN3O4. The molecule has 1 heterocycles. The molecule has 3 aromatic rings. The van der Waals surface area contributed by atoms with E-state index in [9.17, 15) is 14.0 Å². The number of carbonyl (C=O) groups is 2. The number of benzene rings is 3. The molecule has 0 spiro atoms. The largest absolute Gasteiger partial charge is 0.482 e. The predicted molar refractivity (Wildman–Crippen MR) is 143 cm³/mol. The Morgan fingerprint density at radius 2 is 1.68 bits per heavy atom. The Bertz CT molecular complexity index is 1190. The van der Waals surface area contributed by atoms with Crippen molar-refractivity contribution < 1.29 is 23.5 Å². The van der Waals surface area contributed by atoms with Crippen molar-refractivity contribution in [3.8, 4) is 5.75 Å². The minimum absolute atomic E-state index is 0.0848. The molecule has 1 atom stereocenters. The zero-order chi connectivity index (χ0) is 26.7. The average molecular weight is 540 g/mol. The summed E-state index contributed by atoms with van der Waals surface area (Å²) >= 11 is 6.20. The number of rotatable bonds is 11. The van der Waals surface area contributed by atoms with E-state index in [1.165, 1.54) is 17.0 Å².